The Morgan fingerprint density at radius 1 is 1.08 bits per heavy atom. The molecule has 0 saturated heterocycles. The highest BCUT2D eigenvalue weighted by Gasteiger charge is 2.33. The van der Waals surface area contributed by atoms with Gasteiger partial charge in [-0.25, -0.2) is 0 Å². The number of carbonyl (C=O) groups excluding carboxylic acids is 1. The summed E-state index contributed by atoms with van der Waals surface area (Å²) in [7, 11) is 0. The first-order valence-electron chi connectivity index (χ1n) is 4.84. The summed E-state index contributed by atoms with van der Waals surface area (Å²) in [5.41, 5.74) is -0.226. The van der Waals surface area contributed by atoms with Crippen LogP contribution >= 0.6 is 0 Å². The van der Waals surface area contributed by atoms with E-state index >= 15 is 0 Å². The van der Waals surface area contributed by atoms with Gasteiger partial charge in [0.25, 0.3) is 0 Å². The minimum Gasteiger partial charge on any atom is -0.466 e. The molecule has 0 unspecified atom stereocenters. The molecule has 0 radical (unpaired) electrons. The topological polar surface area (TPSA) is 26.3 Å². The van der Waals surface area contributed by atoms with E-state index in [-0.39, 0.29) is 11.4 Å². The molecule has 2 heteroatoms. The van der Waals surface area contributed by atoms with E-state index in [0.29, 0.717) is 6.61 Å². The SMILES string of the molecule is CCOC(=O)C(CC)(CC)CC. The van der Waals surface area contributed by atoms with Gasteiger partial charge in [-0.05, 0) is 26.2 Å². The van der Waals surface area contributed by atoms with E-state index in [1.165, 1.54) is 0 Å². The molecule has 0 heterocycles. The maximum Gasteiger partial charge on any atom is 0.312 e. The Hall–Kier alpha value is -0.530. The Bertz CT molecular complexity index is 129. The first-order chi connectivity index (χ1) is 5.66. The van der Waals surface area contributed by atoms with Crippen molar-refractivity contribution < 1.29 is 9.53 Å². The predicted octanol–water partition coefficient (Wildman–Crippen LogP) is 2.77. The van der Waals surface area contributed by atoms with Gasteiger partial charge < -0.3 is 4.74 Å². The van der Waals surface area contributed by atoms with Crippen LogP contribution in [0.25, 0.3) is 0 Å². The van der Waals surface area contributed by atoms with Crippen LogP contribution in [0.1, 0.15) is 47.0 Å². The Kier molecular flexibility index (Phi) is 4.95. The van der Waals surface area contributed by atoms with E-state index in [9.17, 15) is 4.79 Å². The third-order valence-electron chi connectivity index (χ3n) is 2.74. The number of carbonyl (C=O) groups is 1. The maximum atomic E-state index is 11.5. The predicted molar refractivity (Wildman–Crippen MR) is 49.9 cm³/mol. The van der Waals surface area contributed by atoms with E-state index in [1.807, 2.05) is 27.7 Å². The van der Waals surface area contributed by atoms with Gasteiger partial charge in [0.1, 0.15) is 0 Å². The molecule has 12 heavy (non-hydrogen) atoms. The molecule has 72 valence electrons. The molecule has 0 rings (SSSR count). The molecule has 0 aliphatic carbocycles. The second-order valence-electron chi connectivity index (χ2n) is 3.06. The van der Waals surface area contributed by atoms with Crippen molar-refractivity contribution in [2.24, 2.45) is 5.41 Å². The number of hydrogen-bond acceptors (Lipinski definition) is 2. The Labute approximate surface area is 75.3 Å². The summed E-state index contributed by atoms with van der Waals surface area (Å²) in [6.07, 6.45) is 2.62. The van der Waals surface area contributed by atoms with E-state index in [2.05, 4.69) is 0 Å². The fourth-order valence-electron chi connectivity index (χ4n) is 1.47. The molecular weight excluding hydrogens is 152 g/mol. The van der Waals surface area contributed by atoms with Crippen LogP contribution in [-0.4, -0.2) is 12.6 Å². The van der Waals surface area contributed by atoms with Gasteiger partial charge in [0.2, 0.25) is 0 Å². The fourth-order valence-corrected chi connectivity index (χ4v) is 1.47. The zero-order chi connectivity index (χ0) is 9.61. The number of esters is 1. The van der Waals surface area contributed by atoms with E-state index in [0.717, 1.165) is 19.3 Å². The molecule has 0 aromatic rings. The van der Waals surface area contributed by atoms with Crippen LogP contribution in [0.5, 0.6) is 0 Å². The van der Waals surface area contributed by atoms with Crippen molar-refractivity contribution in [3.63, 3.8) is 0 Å². The van der Waals surface area contributed by atoms with E-state index in [4.69, 9.17) is 4.74 Å². The maximum absolute atomic E-state index is 11.5. The van der Waals surface area contributed by atoms with Crippen molar-refractivity contribution in [3.8, 4) is 0 Å². The molecule has 0 aromatic heterocycles. The van der Waals surface area contributed by atoms with Gasteiger partial charge in [0.05, 0.1) is 12.0 Å². The van der Waals surface area contributed by atoms with Crippen molar-refractivity contribution in [1.29, 1.82) is 0 Å². The number of hydrogen-bond donors (Lipinski definition) is 0. The first-order valence-corrected chi connectivity index (χ1v) is 4.84. The summed E-state index contributed by atoms with van der Waals surface area (Å²) in [6, 6.07) is 0. The summed E-state index contributed by atoms with van der Waals surface area (Å²) < 4.78 is 5.04. The minimum atomic E-state index is -0.226. The van der Waals surface area contributed by atoms with Crippen LogP contribution in [0, 0.1) is 5.41 Å². The fraction of sp³-hybridized carbons (Fsp3) is 0.900. The lowest BCUT2D eigenvalue weighted by Gasteiger charge is -2.27. The third kappa shape index (κ3) is 2.23. The largest absolute Gasteiger partial charge is 0.466 e. The normalized spacial score (nSPS) is 11.3. The van der Waals surface area contributed by atoms with Crippen molar-refractivity contribution in [2.75, 3.05) is 6.61 Å². The molecule has 0 aliphatic heterocycles. The van der Waals surface area contributed by atoms with Crippen LogP contribution in [0.4, 0.5) is 0 Å². The molecule has 0 fully saturated rings. The second kappa shape index (κ2) is 5.18. The smallest absolute Gasteiger partial charge is 0.312 e. The van der Waals surface area contributed by atoms with Crippen LogP contribution in [-0.2, 0) is 9.53 Å². The molecule has 0 aliphatic rings. The third-order valence-corrected chi connectivity index (χ3v) is 2.74. The molecule has 0 spiro atoms. The highest BCUT2D eigenvalue weighted by atomic mass is 16.5. The Morgan fingerprint density at radius 3 is 1.75 bits per heavy atom. The van der Waals surface area contributed by atoms with Crippen LogP contribution in [0.3, 0.4) is 0 Å². The summed E-state index contributed by atoms with van der Waals surface area (Å²) in [5, 5.41) is 0. The zero-order valence-corrected chi connectivity index (χ0v) is 8.64. The molecule has 2 nitrogen and oxygen atoms in total. The second-order valence-corrected chi connectivity index (χ2v) is 3.06. The van der Waals surface area contributed by atoms with Gasteiger partial charge in [-0.3, -0.25) is 4.79 Å². The van der Waals surface area contributed by atoms with E-state index in [1.54, 1.807) is 0 Å². The molecule has 0 bridgehead atoms. The Balaban J connectivity index is 4.36. The summed E-state index contributed by atoms with van der Waals surface area (Å²) in [4.78, 5) is 11.5. The summed E-state index contributed by atoms with van der Waals surface area (Å²) in [5.74, 6) is -0.0301. The van der Waals surface area contributed by atoms with Gasteiger partial charge >= 0.3 is 5.97 Å². The van der Waals surface area contributed by atoms with Gasteiger partial charge in [-0.1, -0.05) is 20.8 Å². The van der Waals surface area contributed by atoms with Crippen molar-refractivity contribution in [3.05, 3.63) is 0 Å². The molecule has 0 atom stereocenters. The number of ether oxygens (including phenoxy) is 1. The van der Waals surface area contributed by atoms with Gasteiger partial charge in [-0.15, -0.1) is 0 Å². The van der Waals surface area contributed by atoms with Crippen LogP contribution in [0.2, 0.25) is 0 Å². The summed E-state index contributed by atoms with van der Waals surface area (Å²) >= 11 is 0. The van der Waals surface area contributed by atoms with E-state index < -0.39 is 0 Å². The minimum absolute atomic E-state index is 0.0301. The molecule has 0 aromatic carbocycles. The quantitative estimate of drug-likeness (QED) is 0.596. The zero-order valence-electron chi connectivity index (χ0n) is 8.64. The van der Waals surface area contributed by atoms with Crippen molar-refractivity contribution in [2.45, 2.75) is 47.0 Å². The van der Waals surface area contributed by atoms with Gasteiger partial charge in [0, 0.05) is 0 Å². The van der Waals surface area contributed by atoms with Gasteiger partial charge in [-0.2, -0.15) is 0 Å². The van der Waals surface area contributed by atoms with Crippen LogP contribution in [0.15, 0.2) is 0 Å². The Morgan fingerprint density at radius 2 is 1.50 bits per heavy atom. The molecular formula is C10H20O2. The average Bonchev–Trinajstić information content (AvgIpc) is 2.09. The monoisotopic (exact) mass is 172 g/mol. The lowest BCUT2D eigenvalue weighted by Crippen LogP contribution is -2.31. The lowest BCUT2D eigenvalue weighted by molar-refractivity contribution is -0.156. The molecule has 0 saturated carbocycles. The van der Waals surface area contributed by atoms with Crippen molar-refractivity contribution in [1.82, 2.24) is 0 Å². The molecule has 0 amide bonds. The van der Waals surface area contributed by atoms with Gasteiger partial charge in [0.15, 0.2) is 0 Å². The highest BCUT2D eigenvalue weighted by Crippen LogP contribution is 2.31. The standard InChI is InChI=1S/C10H20O2/c1-5-10(6-2,7-3)9(11)12-8-4/h5-8H2,1-4H3. The molecule has 0 N–H and O–H groups in total. The first kappa shape index (κ1) is 11.5. The summed E-state index contributed by atoms with van der Waals surface area (Å²) in [6.45, 7) is 8.47. The highest BCUT2D eigenvalue weighted by molar-refractivity contribution is 5.76. The lowest BCUT2D eigenvalue weighted by atomic mass is 9.80. The number of rotatable bonds is 5. The van der Waals surface area contributed by atoms with Crippen molar-refractivity contribution >= 4 is 5.97 Å². The van der Waals surface area contributed by atoms with Crippen LogP contribution < -0.4 is 0 Å². The average molecular weight is 172 g/mol.